The van der Waals surface area contributed by atoms with Crippen LogP contribution in [0.4, 0.5) is 0 Å². The molecule has 0 aromatic heterocycles. The zero-order valence-corrected chi connectivity index (χ0v) is 13.8. The quantitative estimate of drug-likeness (QED) is 0.724. The Morgan fingerprint density at radius 3 is 2.86 bits per heavy atom. The number of hydrogen-bond acceptors (Lipinski definition) is 3. The second-order valence-corrected chi connectivity index (χ2v) is 6.44. The predicted molar refractivity (Wildman–Crippen MR) is 85.8 cm³/mol. The van der Waals surface area contributed by atoms with Gasteiger partial charge in [0.2, 0.25) is 5.91 Å². The van der Waals surface area contributed by atoms with Crippen LogP contribution in [0.2, 0.25) is 0 Å². The minimum atomic E-state index is -0.765. The number of amides is 1. The monoisotopic (exact) mass is 369 g/mol. The van der Waals surface area contributed by atoms with E-state index in [0.717, 1.165) is 16.6 Å². The van der Waals surface area contributed by atoms with Crippen LogP contribution in [0.5, 0.6) is 5.75 Å². The first-order valence-electron chi connectivity index (χ1n) is 7.45. The van der Waals surface area contributed by atoms with Crippen LogP contribution >= 0.6 is 15.9 Å². The molecule has 2 N–H and O–H groups in total. The summed E-state index contributed by atoms with van der Waals surface area (Å²) in [6.45, 7) is 0.478. The Balaban J connectivity index is 1.61. The van der Waals surface area contributed by atoms with Crippen LogP contribution in [0.25, 0.3) is 0 Å². The zero-order chi connectivity index (χ0) is 15.9. The van der Waals surface area contributed by atoms with Crippen molar-refractivity contribution in [3.05, 3.63) is 28.7 Å². The number of benzene rings is 1. The summed E-state index contributed by atoms with van der Waals surface area (Å²) in [6, 6.07) is 7.57. The maximum Gasteiger partial charge on any atom is 0.306 e. The van der Waals surface area contributed by atoms with Gasteiger partial charge in [-0.3, -0.25) is 9.59 Å². The van der Waals surface area contributed by atoms with Gasteiger partial charge >= 0.3 is 5.97 Å². The highest BCUT2D eigenvalue weighted by Crippen LogP contribution is 2.25. The summed E-state index contributed by atoms with van der Waals surface area (Å²) < 4.78 is 6.52. The fourth-order valence-corrected chi connectivity index (χ4v) is 2.99. The van der Waals surface area contributed by atoms with Crippen molar-refractivity contribution in [1.29, 1.82) is 0 Å². The summed E-state index contributed by atoms with van der Waals surface area (Å²) in [5.41, 5.74) is 0. The number of halogens is 1. The van der Waals surface area contributed by atoms with Gasteiger partial charge in [0.1, 0.15) is 5.75 Å². The molecular formula is C16H20BrNO4. The number of hydrogen-bond donors (Lipinski definition) is 2. The van der Waals surface area contributed by atoms with Gasteiger partial charge < -0.3 is 15.2 Å². The number of carbonyl (C=O) groups is 2. The van der Waals surface area contributed by atoms with Crippen molar-refractivity contribution in [1.82, 2.24) is 5.32 Å². The SMILES string of the molecule is O=C(CCCOc1cccc(Br)c1)N[C@H]1CC[C@@H](C(=O)O)C1. The van der Waals surface area contributed by atoms with Gasteiger partial charge in [-0.15, -0.1) is 0 Å². The van der Waals surface area contributed by atoms with Crippen molar-refractivity contribution < 1.29 is 19.4 Å². The van der Waals surface area contributed by atoms with Crippen molar-refractivity contribution in [2.75, 3.05) is 6.61 Å². The third-order valence-corrected chi connectivity index (χ3v) is 4.25. The Bertz CT molecular complexity index is 535. The number of carboxylic acid groups (broad SMARTS) is 1. The lowest BCUT2D eigenvalue weighted by molar-refractivity contribution is -0.141. The molecule has 2 rings (SSSR count). The number of carbonyl (C=O) groups excluding carboxylic acids is 1. The summed E-state index contributed by atoms with van der Waals surface area (Å²) in [7, 11) is 0. The summed E-state index contributed by atoms with van der Waals surface area (Å²) in [5, 5.41) is 11.8. The molecule has 0 heterocycles. The molecule has 1 saturated carbocycles. The van der Waals surface area contributed by atoms with Crippen molar-refractivity contribution in [2.45, 2.75) is 38.1 Å². The smallest absolute Gasteiger partial charge is 0.306 e. The van der Waals surface area contributed by atoms with Crippen LogP contribution in [0.15, 0.2) is 28.7 Å². The molecule has 22 heavy (non-hydrogen) atoms. The fraction of sp³-hybridized carbons (Fsp3) is 0.500. The van der Waals surface area contributed by atoms with Gasteiger partial charge in [-0.2, -0.15) is 0 Å². The number of carboxylic acids is 1. The highest BCUT2D eigenvalue weighted by molar-refractivity contribution is 9.10. The van der Waals surface area contributed by atoms with Crippen molar-refractivity contribution in [2.24, 2.45) is 5.92 Å². The maximum atomic E-state index is 11.8. The third-order valence-electron chi connectivity index (χ3n) is 3.76. The molecule has 0 unspecified atom stereocenters. The average molecular weight is 370 g/mol. The van der Waals surface area contributed by atoms with E-state index in [2.05, 4.69) is 21.2 Å². The molecule has 1 aromatic rings. The largest absolute Gasteiger partial charge is 0.494 e. The Kier molecular flexibility index (Phi) is 6.24. The number of rotatable bonds is 7. The van der Waals surface area contributed by atoms with Crippen LogP contribution in [0.1, 0.15) is 32.1 Å². The van der Waals surface area contributed by atoms with E-state index in [0.29, 0.717) is 32.3 Å². The van der Waals surface area contributed by atoms with Crippen LogP contribution in [0, 0.1) is 5.92 Å². The van der Waals surface area contributed by atoms with Crippen molar-refractivity contribution in [3.63, 3.8) is 0 Å². The third kappa shape index (κ3) is 5.33. The van der Waals surface area contributed by atoms with Gasteiger partial charge in [-0.1, -0.05) is 22.0 Å². The molecule has 1 fully saturated rings. The Hall–Kier alpha value is -1.56. The Labute approximate surface area is 138 Å². The molecule has 2 atom stereocenters. The minimum Gasteiger partial charge on any atom is -0.494 e. The van der Waals surface area contributed by atoms with Crippen LogP contribution in [-0.4, -0.2) is 29.6 Å². The van der Waals surface area contributed by atoms with Crippen molar-refractivity contribution in [3.8, 4) is 5.75 Å². The second kappa shape index (κ2) is 8.17. The van der Waals surface area contributed by atoms with Crippen LogP contribution in [-0.2, 0) is 9.59 Å². The van der Waals surface area contributed by atoms with E-state index in [1.54, 1.807) is 0 Å². The predicted octanol–water partition coefficient (Wildman–Crippen LogP) is 2.98. The first-order valence-corrected chi connectivity index (χ1v) is 8.24. The minimum absolute atomic E-state index is 0.000373. The molecule has 0 bridgehead atoms. The van der Waals surface area contributed by atoms with Gasteiger partial charge in [-0.05, 0) is 43.9 Å². The number of nitrogens with one attached hydrogen (secondary N) is 1. The van der Waals surface area contributed by atoms with E-state index >= 15 is 0 Å². The van der Waals surface area contributed by atoms with Gasteiger partial charge in [0.15, 0.2) is 0 Å². The fourth-order valence-electron chi connectivity index (χ4n) is 2.62. The summed E-state index contributed by atoms with van der Waals surface area (Å²) >= 11 is 3.37. The first-order chi connectivity index (χ1) is 10.5. The summed E-state index contributed by atoms with van der Waals surface area (Å²) in [5.74, 6) is -0.340. The Morgan fingerprint density at radius 1 is 1.36 bits per heavy atom. The molecular weight excluding hydrogens is 350 g/mol. The first kappa shape index (κ1) is 16.8. The van der Waals surface area contributed by atoms with Gasteiger partial charge in [0.05, 0.1) is 12.5 Å². The molecule has 120 valence electrons. The molecule has 6 heteroatoms. The molecule has 0 spiro atoms. The lowest BCUT2D eigenvalue weighted by atomic mass is 10.1. The number of aliphatic carboxylic acids is 1. The highest BCUT2D eigenvalue weighted by Gasteiger charge is 2.30. The van der Waals surface area contributed by atoms with E-state index < -0.39 is 5.97 Å². The van der Waals surface area contributed by atoms with Crippen molar-refractivity contribution >= 4 is 27.8 Å². The van der Waals surface area contributed by atoms with Gasteiger partial charge in [0.25, 0.3) is 0 Å². The number of ether oxygens (including phenoxy) is 1. The molecule has 0 radical (unpaired) electrons. The lowest BCUT2D eigenvalue weighted by Gasteiger charge is -2.12. The molecule has 1 aliphatic rings. The lowest BCUT2D eigenvalue weighted by Crippen LogP contribution is -2.33. The second-order valence-electron chi connectivity index (χ2n) is 5.52. The van der Waals surface area contributed by atoms with E-state index in [9.17, 15) is 9.59 Å². The van der Waals surface area contributed by atoms with Crippen LogP contribution in [0.3, 0.4) is 0 Å². The van der Waals surface area contributed by atoms with Gasteiger partial charge in [0, 0.05) is 16.9 Å². The molecule has 0 saturated heterocycles. The molecule has 1 amide bonds. The Morgan fingerprint density at radius 2 is 2.18 bits per heavy atom. The molecule has 1 aromatic carbocycles. The summed E-state index contributed by atoms with van der Waals surface area (Å²) in [6.07, 6.45) is 2.95. The zero-order valence-electron chi connectivity index (χ0n) is 12.3. The van der Waals surface area contributed by atoms with E-state index in [4.69, 9.17) is 9.84 Å². The van der Waals surface area contributed by atoms with Crippen LogP contribution < -0.4 is 10.1 Å². The summed E-state index contributed by atoms with van der Waals surface area (Å²) in [4.78, 5) is 22.7. The van der Waals surface area contributed by atoms with Gasteiger partial charge in [-0.25, -0.2) is 0 Å². The van der Waals surface area contributed by atoms with E-state index in [1.807, 2.05) is 24.3 Å². The molecule has 1 aliphatic carbocycles. The van der Waals surface area contributed by atoms with E-state index in [1.165, 1.54) is 0 Å². The topological polar surface area (TPSA) is 75.6 Å². The normalized spacial score (nSPS) is 20.6. The molecule has 0 aliphatic heterocycles. The van der Waals surface area contributed by atoms with E-state index in [-0.39, 0.29) is 17.9 Å². The standard InChI is InChI=1S/C16H20BrNO4/c17-12-3-1-4-14(10-12)22-8-2-5-15(19)18-13-7-6-11(9-13)16(20)21/h1,3-4,10-11,13H,2,5-9H2,(H,18,19)(H,20,21)/t11-,13+/m1/s1. The average Bonchev–Trinajstić information content (AvgIpc) is 2.92. The molecule has 5 nitrogen and oxygen atoms in total. The maximum absolute atomic E-state index is 11.8. The highest BCUT2D eigenvalue weighted by atomic mass is 79.9.